The van der Waals surface area contributed by atoms with Crippen LogP contribution in [0.3, 0.4) is 0 Å². The number of halogens is 4. The highest BCUT2D eigenvalue weighted by atomic mass is 19.2. The van der Waals surface area contributed by atoms with Gasteiger partial charge in [0.05, 0.1) is 27.5 Å². The van der Waals surface area contributed by atoms with E-state index in [1.54, 1.807) is 31.1 Å². The summed E-state index contributed by atoms with van der Waals surface area (Å²) in [5.74, 6) is -5.48. The Kier molecular flexibility index (Phi) is 17.0. The van der Waals surface area contributed by atoms with Crippen molar-refractivity contribution in [3.05, 3.63) is 413 Å². The van der Waals surface area contributed by atoms with E-state index in [9.17, 15) is 8.78 Å². The van der Waals surface area contributed by atoms with Crippen LogP contribution in [-0.2, 0) is 0 Å². The van der Waals surface area contributed by atoms with Gasteiger partial charge < -0.3 is 0 Å². The fourth-order valence-electron chi connectivity index (χ4n) is 18.3. The molecule has 0 saturated carbocycles. The molecule has 8 aromatic heterocycles. The second-order valence-electron chi connectivity index (χ2n) is 31.1. The van der Waals surface area contributed by atoms with E-state index in [1.807, 2.05) is 164 Å². The number of benzene rings is 17. The number of hydrogen-bond donors (Lipinski definition) is 0. The van der Waals surface area contributed by atoms with Crippen LogP contribution in [0, 0.1) is 23.3 Å². The molecule has 0 bridgehead atoms. The minimum Gasteiger partial charge on any atom is -0.265 e. The summed E-state index contributed by atoms with van der Waals surface area (Å²) < 4.78 is 92.7. The number of nitrogens with zero attached hydrogens (tertiary/aromatic N) is 10. The van der Waals surface area contributed by atoms with Crippen LogP contribution in [0.1, 0.15) is 5.48 Å². The molecule has 0 radical (unpaired) electrons. The maximum atomic E-state index is 15.2. The van der Waals surface area contributed by atoms with Crippen molar-refractivity contribution in [3.8, 4) is 89.5 Å². The fraction of sp³-hybridized carbons (Fsp3) is 0. The summed E-state index contributed by atoms with van der Waals surface area (Å²) in [5.41, 5.74) is 16.2. The first-order valence-electron chi connectivity index (χ1n) is 43.0. The molecule has 0 fully saturated rings. The van der Waals surface area contributed by atoms with Crippen molar-refractivity contribution in [2.75, 3.05) is 0 Å². The first kappa shape index (κ1) is 69.9. The van der Waals surface area contributed by atoms with Gasteiger partial charge in [-0.15, -0.1) is 0 Å². The smallest absolute Gasteiger partial charge is 0.199 e. The number of aromatic nitrogens is 10. The van der Waals surface area contributed by atoms with Gasteiger partial charge in [-0.2, -0.15) is 0 Å². The lowest BCUT2D eigenvalue weighted by Crippen LogP contribution is -2.00. The van der Waals surface area contributed by atoms with Gasteiger partial charge in [0.25, 0.3) is 0 Å². The summed E-state index contributed by atoms with van der Waals surface area (Å²) >= 11 is 0. The summed E-state index contributed by atoms with van der Waals surface area (Å²) in [7, 11) is 0. The summed E-state index contributed by atoms with van der Waals surface area (Å²) in [6.45, 7) is 0. The molecule has 0 atom stereocenters. The van der Waals surface area contributed by atoms with Crippen LogP contribution in [0.4, 0.5) is 17.6 Å². The summed E-state index contributed by atoms with van der Waals surface area (Å²) in [5, 5.41) is 20.5. The highest BCUT2D eigenvalue weighted by Gasteiger charge is 2.27. The maximum Gasteiger partial charge on any atom is 0.199 e. The summed E-state index contributed by atoms with van der Waals surface area (Å²) in [4.78, 5) is 45.4. The predicted octanol–water partition coefficient (Wildman–Crippen LogP) is 29.0. The van der Waals surface area contributed by atoms with Crippen LogP contribution in [-0.4, -0.2) is 49.8 Å². The number of rotatable bonds is 8. The minimum absolute atomic E-state index is 0.0736. The van der Waals surface area contributed by atoms with Crippen LogP contribution in [0.2, 0.25) is 0 Å². The largest absolute Gasteiger partial charge is 0.265 e. The maximum absolute atomic E-state index is 15.2. The van der Waals surface area contributed by atoms with Crippen LogP contribution >= 0.6 is 0 Å². The van der Waals surface area contributed by atoms with Crippen molar-refractivity contribution < 1.29 is 23.0 Å². The molecule has 0 unspecified atom stereocenters. The van der Waals surface area contributed by atoms with Gasteiger partial charge in [0, 0.05) is 127 Å². The second kappa shape index (κ2) is 30.7. The predicted molar refractivity (Wildman–Crippen MR) is 506 cm³/mol. The van der Waals surface area contributed by atoms with E-state index in [-0.39, 0.29) is 29.7 Å². The highest BCUT2D eigenvalue weighted by molar-refractivity contribution is 6.36. The van der Waals surface area contributed by atoms with Gasteiger partial charge in [-0.3, -0.25) is 24.9 Å². The molecule has 14 heteroatoms. The fourth-order valence-corrected chi connectivity index (χ4v) is 18.3. The van der Waals surface area contributed by atoms with Crippen molar-refractivity contribution in [3.63, 3.8) is 0 Å². The lowest BCUT2D eigenvalue weighted by Gasteiger charge is -2.18. The zero-order valence-electron chi connectivity index (χ0n) is 70.6. The Morgan fingerprint density at radius 3 is 1.24 bits per heavy atom. The quantitative estimate of drug-likeness (QED) is 0.0477. The third-order valence-electron chi connectivity index (χ3n) is 24.0. The molecule has 0 aliphatic carbocycles. The third kappa shape index (κ3) is 12.6. The molecule has 17 aromatic carbocycles. The highest BCUT2D eigenvalue weighted by Crippen LogP contribution is 2.49. The Morgan fingerprint density at radius 1 is 0.214 bits per heavy atom. The molecule has 126 heavy (non-hydrogen) atoms. The van der Waals surface area contributed by atoms with Crippen molar-refractivity contribution in [2.24, 2.45) is 0 Å². The molecular weight excluding hydrogens is 1560 g/mol. The SMILES string of the molecule is Fc1c(F)c(F)c2nc3c4ccccc4c4cc(-c5cc(-c6cccnc6)cc(-c6cccnc6)c5)c5ccccc5c4c3cc2c1F.[2H]c1c([2H])c([2H])c2nc3c4ccccc4c4cc(-c5cccc(-c6ccncc6)c5)c5ccccc5c4c3cc2c1[2H].c1ccc(-c2cnc3c4ccccc4c4cc(-c5ncnc(-c6ccncc6)n5)c5ccccc5c4c3c2)cc1. The molecule has 590 valence electrons. The number of fused-ring (bicyclic) bond motifs is 26. The van der Waals surface area contributed by atoms with Crippen LogP contribution < -0.4 is 0 Å². The molecule has 0 aliphatic rings. The molecule has 0 amide bonds. The molecule has 0 N–H and O–H groups in total. The second-order valence-corrected chi connectivity index (χ2v) is 31.1. The molecular formula is C112H64F4N10. The van der Waals surface area contributed by atoms with Gasteiger partial charge in [0.15, 0.2) is 34.9 Å². The molecule has 25 aromatic rings. The minimum atomic E-state index is -1.88. The van der Waals surface area contributed by atoms with E-state index in [0.717, 1.165) is 186 Å². The molecule has 0 saturated heterocycles. The van der Waals surface area contributed by atoms with Gasteiger partial charge in [-0.1, -0.05) is 224 Å². The van der Waals surface area contributed by atoms with E-state index in [4.69, 9.17) is 20.4 Å². The Bertz CT molecular complexity index is 8990. The van der Waals surface area contributed by atoms with Crippen LogP contribution in [0.25, 0.3) is 241 Å². The average molecular weight is 1630 g/mol. The van der Waals surface area contributed by atoms with Gasteiger partial charge in [-0.25, -0.2) is 42.5 Å². The number of hydrogen-bond acceptors (Lipinski definition) is 10. The third-order valence-corrected chi connectivity index (χ3v) is 24.0. The van der Waals surface area contributed by atoms with Gasteiger partial charge in [0.2, 0.25) is 0 Å². The number of para-hydroxylation sites is 1. The normalized spacial score (nSPS) is 12.1. The lowest BCUT2D eigenvalue weighted by molar-refractivity contribution is 0.417. The molecule has 0 spiro atoms. The van der Waals surface area contributed by atoms with Crippen LogP contribution in [0.5, 0.6) is 0 Å². The number of pyridine rings is 7. The van der Waals surface area contributed by atoms with Crippen molar-refractivity contribution in [1.29, 1.82) is 0 Å². The van der Waals surface area contributed by atoms with Gasteiger partial charge in [0.1, 0.15) is 11.8 Å². The van der Waals surface area contributed by atoms with E-state index >= 15 is 8.78 Å². The van der Waals surface area contributed by atoms with E-state index in [2.05, 4.69) is 199 Å². The monoisotopic (exact) mass is 1630 g/mol. The average Bonchev–Trinajstić information content (AvgIpc) is 0.693. The van der Waals surface area contributed by atoms with Crippen LogP contribution in [0.15, 0.2) is 390 Å². The lowest BCUT2D eigenvalue weighted by atomic mass is 9.87. The molecule has 10 nitrogen and oxygen atoms in total. The Morgan fingerprint density at radius 2 is 0.651 bits per heavy atom. The Balaban J connectivity index is 0.000000112. The van der Waals surface area contributed by atoms with Gasteiger partial charge in [-0.05, 0) is 234 Å². The Labute approximate surface area is 722 Å². The zero-order valence-corrected chi connectivity index (χ0v) is 66.6. The first-order valence-corrected chi connectivity index (χ1v) is 41.0. The molecule has 8 heterocycles. The standard InChI is InChI=1S/C41H21F4N3.C36H22N2.C35H21N5/c42-36-34-19-33-35-29-11-3-1-9-27(29)31(26-16-24(22-7-5-13-46-20-22)15-25(17-26)23-8-6-14-47-21-23)18-32(35)28-10-2-4-12-30(28)40(33)48-41(34)39(45)38(44)37(36)43;1-6-15-34-26(8-1)21-33-35-29-13-4-2-11-27(29)31(22-32(35)28-12-3-5-14-30(28)36(33)38-34)25-10-7-9-24(20-25)23-16-18-37-19-17-23;1-2-8-22(9-3-1)24-18-31-32-27-12-6-4-10-25(27)30(35-39-21-38-34(40-35)23-14-16-36-17-15-23)19-29(32)26-11-5-7-13-28(26)33(31)37-20-24/h1-21H;1-22H;1-21H/i;1D,6D,8D,15D;. The summed E-state index contributed by atoms with van der Waals surface area (Å²) in [6.07, 6.45) is 17.8. The molecule has 25 rings (SSSR count). The van der Waals surface area contributed by atoms with E-state index < -0.39 is 34.2 Å². The van der Waals surface area contributed by atoms with Crippen molar-refractivity contribution >= 4 is 151 Å². The first-order chi connectivity index (χ1) is 63.8. The summed E-state index contributed by atoms with van der Waals surface area (Å²) in [6, 6.07) is 102. The molecule has 0 aliphatic heterocycles. The van der Waals surface area contributed by atoms with Gasteiger partial charge >= 0.3 is 0 Å². The topological polar surface area (TPSA) is 129 Å². The van der Waals surface area contributed by atoms with E-state index in [0.29, 0.717) is 33.3 Å². The Hall–Kier alpha value is -16.8. The zero-order chi connectivity index (χ0) is 87.5. The van der Waals surface area contributed by atoms with Crippen molar-refractivity contribution in [2.45, 2.75) is 0 Å². The van der Waals surface area contributed by atoms with E-state index in [1.165, 1.54) is 11.5 Å². The van der Waals surface area contributed by atoms with Crippen molar-refractivity contribution in [1.82, 2.24) is 49.8 Å².